The number of nitrogens with zero attached hydrogens (tertiary/aromatic N) is 1. The van der Waals surface area contributed by atoms with E-state index < -0.39 is 0 Å². The SMILES string of the molecule is COc1ccc(C(=O)N2CCC(OCc3ccccc3)CC2)c(OC)c1. The molecule has 2 aromatic rings. The van der Waals surface area contributed by atoms with Crippen LogP contribution in [-0.2, 0) is 11.3 Å². The average molecular weight is 355 g/mol. The second kappa shape index (κ2) is 8.72. The molecule has 0 aliphatic carbocycles. The van der Waals surface area contributed by atoms with E-state index in [4.69, 9.17) is 14.2 Å². The summed E-state index contributed by atoms with van der Waals surface area (Å²) in [4.78, 5) is 14.7. The topological polar surface area (TPSA) is 48.0 Å². The van der Waals surface area contributed by atoms with Crippen molar-refractivity contribution in [2.24, 2.45) is 0 Å². The summed E-state index contributed by atoms with van der Waals surface area (Å²) in [5.41, 5.74) is 1.74. The third kappa shape index (κ3) is 4.35. The van der Waals surface area contributed by atoms with E-state index >= 15 is 0 Å². The minimum atomic E-state index is -0.00832. The van der Waals surface area contributed by atoms with Crippen molar-refractivity contribution < 1.29 is 19.0 Å². The number of ether oxygens (including phenoxy) is 3. The zero-order valence-corrected chi connectivity index (χ0v) is 15.3. The van der Waals surface area contributed by atoms with Gasteiger partial charge in [-0.2, -0.15) is 0 Å². The first kappa shape index (κ1) is 18.3. The Hall–Kier alpha value is -2.53. The highest BCUT2D eigenvalue weighted by Crippen LogP contribution is 2.27. The van der Waals surface area contributed by atoms with Crippen molar-refractivity contribution in [1.82, 2.24) is 4.90 Å². The van der Waals surface area contributed by atoms with Gasteiger partial charge in [-0.05, 0) is 30.5 Å². The number of piperidine rings is 1. The summed E-state index contributed by atoms with van der Waals surface area (Å²) in [6, 6.07) is 15.4. The Morgan fingerprint density at radius 1 is 1.04 bits per heavy atom. The zero-order chi connectivity index (χ0) is 18.4. The van der Waals surface area contributed by atoms with E-state index in [-0.39, 0.29) is 12.0 Å². The van der Waals surface area contributed by atoms with Gasteiger partial charge in [-0.25, -0.2) is 0 Å². The number of benzene rings is 2. The highest BCUT2D eigenvalue weighted by molar-refractivity contribution is 5.97. The van der Waals surface area contributed by atoms with Crippen LogP contribution < -0.4 is 9.47 Å². The summed E-state index contributed by atoms with van der Waals surface area (Å²) in [7, 11) is 3.16. The number of carbonyl (C=O) groups is 1. The molecule has 5 nitrogen and oxygen atoms in total. The van der Waals surface area contributed by atoms with Gasteiger partial charge in [-0.1, -0.05) is 30.3 Å². The molecule has 1 aliphatic rings. The maximum atomic E-state index is 12.8. The lowest BCUT2D eigenvalue weighted by Crippen LogP contribution is -2.41. The fourth-order valence-corrected chi connectivity index (χ4v) is 3.16. The smallest absolute Gasteiger partial charge is 0.257 e. The van der Waals surface area contributed by atoms with Crippen molar-refractivity contribution in [2.45, 2.75) is 25.6 Å². The molecule has 5 heteroatoms. The molecule has 0 saturated carbocycles. The minimum absolute atomic E-state index is 0.00832. The number of amides is 1. The largest absolute Gasteiger partial charge is 0.497 e. The van der Waals surface area contributed by atoms with Gasteiger partial charge in [0.15, 0.2) is 0 Å². The number of likely N-dealkylation sites (tertiary alicyclic amines) is 1. The molecule has 0 aromatic heterocycles. The van der Waals surface area contributed by atoms with E-state index in [1.807, 2.05) is 23.1 Å². The number of hydrogen-bond acceptors (Lipinski definition) is 4. The van der Waals surface area contributed by atoms with E-state index in [0.717, 1.165) is 12.8 Å². The summed E-state index contributed by atoms with van der Waals surface area (Å²) in [5.74, 6) is 1.20. The fourth-order valence-electron chi connectivity index (χ4n) is 3.16. The number of methoxy groups -OCH3 is 2. The Balaban J connectivity index is 1.55. The summed E-state index contributed by atoms with van der Waals surface area (Å²) in [6.07, 6.45) is 1.88. The maximum absolute atomic E-state index is 12.8. The van der Waals surface area contributed by atoms with Crippen LogP contribution in [0.15, 0.2) is 48.5 Å². The highest BCUT2D eigenvalue weighted by atomic mass is 16.5. The number of hydrogen-bond donors (Lipinski definition) is 0. The molecule has 0 spiro atoms. The van der Waals surface area contributed by atoms with Crippen molar-refractivity contribution >= 4 is 5.91 Å². The molecule has 1 fully saturated rings. The molecule has 138 valence electrons. The molecular formula is C21H25NO4. The van der Waals surface area contributed by atoms with Crippen molar-refractivity contribution in [3.63, 3.8) is 0 Å². The van der Waals surface area contributed by atoms with Crippen LogP contribution in [0.25, 0.3) is 0 Å². The molecule has 0 bridgehead atoms. The second-order valence-corrected chi connectivity index (χ2v) is 6.35. The van der Waals surface area contributed by atoms with E-state index in [2.05, 4.69) is 12.1 Å². The molecular weight excluding hydrogens is 330 g/mol. The first-order valence-electron chi connectivity index (χ1n) is 8.88. The Kier molecular flexibility index (Phi) is 6.12. The van der Waals surface area contributed by atoms with Gasteiger partial charge in [0.2, 0.25) is 0 Å². The van der Waals surface area contributed by atoms with Crippen LogP contribution in [0.2, 0.25) is 0 Å². The Bertz CT molecular complexity index is 724. The zero-order valence-electron chi connectivity index (χ0n) is 15.3. The second-order valence-electron chi connectivity index (χ2n) is 6.35. The van der Waals surface area contributed by atoms with Crippen LogP contribution >= 0.6 is 0 Å². The molecule has 0 radical (unpaired) electrons. The van der Waals surface area contributed by atoms with Crippen molar-refractivity contribution in [2.75, 3.05) is 27.3 Å². The van der Waals surface area contributed by atoms with E-state index in [1.165, 1.54) is 5.56 Å². The lowest BCUT2D eigenvalue weighted by Gasteiger charge is -2.32. The van der Waals surface area contributed by atoms with E-state index in [1.54, 1.807) is 32.4 Å². The predicted molar refractivity (Wildman–Crippen MR) is 99.7 cm³/mol. The first-order chi connectivity index (χ1) is 12.7. The van der Waals surface area contributed by atoms with Crippen molar-refractivity contribution in [3.8, 4) is 11.5 Å². The number of carbonyl (C=O) groups excluding carboxylic acids is 1. The van der Waals surface area contributed by atoms with Gasteiger partial charge in [0.05, 0.1) is 32.5 Å². The summed E-state index contributed by atoms with van der Waals surface area (Å²) < 4.78 is 16.5. The third-order valence-corrected chi connectivity index (χ3v) is 4.70. The van der Waals surface area contributed by atoms with E-state index in [9.17, 15) is 4.79 Å². The molecule has 0 unspecified atom stereocenters. The van der Waals surface area contributed by atoms with Crippen molar-refractivity contribution in [3.05, 3.63) is 59.7 Å². The standard InChI is InChI=1S/C21H25NO4/c1-24-18-8-9-19(20(14-18)25-2)21(23)22-12-10-17(11-13-22)26-15-16-6-4-3-5-7-16/h3-9,14,17H,10-13,15H2,1-2H3. The Morgan fingerprint density at radius 3 is 2.42 bits per heavy atom. The first-order valence-corrected chi connectivity index (χ1v) is 8.88. The van der Waals surface area contributed by atoms with Gasteiger partial charge in [-0.15, -0.1) is 0 Å². The summed E-state index contributed by atoms with van der Waals surface area (Å²) >= 11 is 0. The van der Waals surface area contributed by atoms with Crippen LogP contribution in [0.1, 0.15) is 28.8 Å². The van der Waals surface area contributed by atoms with Crippen LogP contribution in [0.3, 0.4) is 0 Å². The van der Waals surface area contributed by atoms with Gasteiger partial charge < -0.3 is 19.1 Å². The van der Waals surface area contributed by atoms with Crippen LogP contribution in [-0.4, -0.2) is 44.2 Å². The average Bonchev–Trinajstić information content (AvgIpc) is 2.72. The molecule has 3 rings (SSSR count). The Labute approximate surface area is 154 Å². The van der Waals surface area contributed by atoms with Crippen molar-refractivity contribution in [1.29, 1.82) is 0 Å². The third-order valence-electron chi connectivity index (χ3n) is 4.70. The van der Waals surface area contributed by atoms with Crippen LogP contribution in [0.4, 0.5) is 0 Å². The normalized spacial score (nSPS) is 14.9. The van der Waals surface area contributed by atoms with E-state index in [0.29, 0.717) is 36.8 Å². The molecule has 1 saturated heterocycles. The van der Waals surface area contributed by atoms with Gasteiger partial charge in [-0.3, -0.25) is 4.79 Å². The predicted octanol–water partition coefficient (Wildman–Crippen LogP) is 3.53. The molecule has 0 atom stereocenters. The van der Waals surface area contributed by atoms with Gasteiger partial charge in [0.25, 0.3) is 5.91 Å². The minimum Gasteiger partial charge on any atom is -0.497 e. The lowest BCUT2D eigenvalue weighted by atomic mass is 10.1. The maximum Gasteiger partial charge on any atom is 0.257 e. The molecule has 1 amide bonds. The fraction of sp³-hybridized carbons (Fsp3) is 0.381. The molecule has 26 heavy (non-hydrogen) atoms. The molecule has 0 N–H and O–H groups in total. The van der Waals surface area contributed by atoms with Gasteiger partial charge in [0, 0.05) is 19.2 Å². The molecule has 1 heterocycles. The van der Waals surface area contributed by atoms with Gasteiger partial charge in [0.1, 0.15) is 11.5 Å². The summed E-state index contributed by atoms with van der Waals surface area (Å²) in [6.45, 7) is 1.99. The van der Waals surface area contributed by atoms with Gasteiger partial charge >= 0.3 is 0 Å². The highest BCUT2D eigenvalue weighted by Gasteiger charge is 2.26. The quantitative estimate of drug-likeness (QED) is 0.795. The summed E-state index contributed by atoms with van der Waals surface area (Å²) in [5, 5.41) is 0. The van der Waals surface area contributed by atoms with Crippen LogP contribution in [0.5, 0.6) is 11.5 Å². The van der Waals surface area contributed by atoms with Crippen LogP contribution in [0, 0.1) is 0 Å². The molecule has 2 aromatic carbocycles. The molecule has 1 aliphatic heterocycles. The Morgan fingerprint density at radius 2 is 1.77 bits per heavy atom. The lowest BCUT2D eigenvalue weighted by molar-refractivity contribution is -0.000434. The monoisotopic (exact) mass is 355 g/mol. The number of rotatable bonds is 6.